The average Bonchev–Trinajstić information content (AvgIpc) is 2.77. The smallest absolute Gasteiger partial charge is 0.252 e. The highest BCUT2D eigenvalue weighted by Gasteiger charge is 2.32. The first-order valence-electron chi connectivity index (χ1n) is 6.19. The topological polar surface area (TPSA) is 99.4 Å². The van der Waals surface area contributed by atoms with Crippen molar-refractivity contribution in [1.82, 2.24) is 5.01 Å². The molecule has 0 bridgehead atoms. The van der Waals surface area contributed by atoms with Crippen molar-refractivity contribution in [3.63, 3.8) is 0 Å². The largest absolute Gasteiger partial charge is 0.445 e. The molecule has 2 heterocycles. The number of hydrazone groups is 1. The molecule has 0 spiro atoms. The maximum Gasteiger partial charge on any atom is 0.252 e. The van der Waals surface area contributed by atoms with Gasteiger partial charge in [-0.05, 0) is 13.0 Å². The van der Waals surface area contributed by atoms with Gasteiger partial charge in [-0.2, -0.15) is 15.1 Å². The Balaban J connectivity index is 2.11. The number of nitrogens with zero attached hydrogens (tertiary/aromatic N) is 4. The van der Waals surface area contributed by atoms with E-state index in [1.807, 2.05) is 31.2 Å². The summed E-state index contributed by atoms with van der Waals surface area (Å²) in [4.78, 5) is 8.01. The van der Waals surface area contributed by atoms with Crippen LogP contribution in [0.25, 0.3) is 0 Å². The van der Waals surface area contributed by atoms with E-state index in [1.54, 1.807) is 5.01 Å². The summed E-state index contributed by atoms with van der Waals surface area (Å²) in [5, 5.41) is 13.4. The van der Waals surface area contributed by atoms with E-state index in [2.05, 4.69) is 15.1 Å². The first-order chi connectivity index (χ1) is 9.65. The Morgan fingerprint density at radius 2 is 2.30 bits per heavy atom. The standard InChI is InChI=1S/C13H14N6O/c1-8-6-10-9-4-2-3-5-11(9)20-7-16-13(17-12(14)15)19(10)18-8/h2-5,7,10H,6H2,1H3,(H3,14,15). The molecule has 2 aliphatic heterocycles. The van der Waals surface area contributed by atoms with Gasteiger partial charge in [-0.15, -0.1) is 0 Å². The number of ether oxygens (including phenoxy) is 1. The fraction of sp³-hybridized carbons (Fsp3) is 0.231. The van der Waals surface area contributed by atoms with Crippen molar-refractivity contribution in [2.75, 3.05) is 0 Å². The molecule has 0 fully saturated rings. The van der Waals surface area contributed by atoms with Gasteiger partial charge in [0.15, 0.2) is 6.40 Å². The first kappa shape index (κ1) is 12.3. The van der Waals surface area contributed by atoms with E-state index < -0.39 is 0 Å². The third-order valence-corrected chi connectivity index (χ3v) is 3.11. The van der Waals surface area contributed by atoms with Crippen molar-refractivity contribution >= 4 is 24.0 Å². The van der Waals surface area contributed by atoms with Crippen LogP contribution >= 0.6 is 0 Å². The summed E-state index contributed by atoms with van der Waals surface area (Å²) in [6.45, 7) is 1.95. The minimum absolute atomic E-state index is 0.0400. The van der Waals surface area contributed by atoms with Crippen LogP contribution < -0.4 is 10.5 Å². The average molecular weight is 270 g/mol. The van der Waals surface area contributed by atoms with Gasteiger partial charge in [-0.25, -0.2) is 5.01 Å². The molecule has 0 aromatic heterocycles. The summed E-state index contributed by atoms with van der Waals surface area (Å²) in [7, 11) is 0. The van der Waals surface area contributed by atoms with Crippen LogP contribution in [-0.4, -0.2) is 29.0 Å². The zero-order chi connectivity index (χ0) is 14.1. The Morgan fingerprint density at radius 1 is 1.50 bits per heavy atom. The van der Waals surface area contributed by atoms with E-state index in [1.165, 1.54) is 6.40 Å². The lowest BCUT2D eigenvalue weighted by Crippen LogP contribution is -2.29. The van der Waals surface area contributed by atoms with Gasteiger partial charge in [0.2, 0.25) is 5.96 Å². The van der Waals surface area contributed by atoms with Crippen molar-refractivity contribution in [1.29, 1.82) is 5.41 Å². The lowest BCUT2D eigenvalue weighted by molar-refractivity contribution is 0.354. The van der Waals surface area contributed by atoms with E-state index in [0.717, 1.165) is 23.4 Å². The molecule has 102 valence electrons. The number of benzene rings is 1. The normalized spacial score (nSPS) is 22.4. The minimum atomic E-state index is -0.315. The fourth-order valence-electron chi connectivity index (χ4n) is 2.33. The lowest BCUT2D eigenvalue weighted by atomic mass is 10.0. The van der Waals surface area contributed by atoms with Crippen LogP contribution in [0.1, 0.15) is 24.9 Å². The predicted octanol–water partition coefficient (Wildman–Crippen LogP) is 1.48. The van der Waals surface area contributed by atoms with E-state index in [9.17, 15) is 0 Å². The second kappa shape index (κ2) is 4.76. The van der Waals surface area contributed by atoms with Crippen molar-refractivity contribution < 1.29 is 4.74 Å². The molecule has 0 saturated heterocycles. The van der Waals surface area contributed by atoms with Gasteiger partial charge in [0.1, 0.15) is 5.75 Å². The highest BCUT2D eigenvalue weighted by molar-refractivity contribution is 5.98. The summed E-state index contributed by atoms with van der Waals surface area (Å²) in [6, 6.07) is 7.70. The molecule has 3 rings (SSSR count). The first-order valence-corrected chi connectivity index (χ1v) is 6.19. The quantitative estimate of drug-likeness (QED) is 0.551. The molecule has 0 saturated carbocycles. The number of fused-ring (bicyclic) bond motifs is 3. The van der Waals surface area contributed by atoms with Crippen LogP contribution in [0, 0.1) is 5.41 Å². The number of nitrogens with one attached hydrogen (secondary N) is 1. The fourth-order valence-corrected chi connectivity index (χ4v) is 2.33. The Hall–Kier alpha value is -2.70. The summed E-state index contributed by atoms with van der Waals surface area (Å²) < 4.78 is 5.52. The molecule has 1 unspecified atom stereocenters. The molecule has 0 amide bonds. The molecule has 1 aromatic carbocycles. The van der Waals surface area contributed by atoms with Gasteiger partial charge in [0.25, 0.3) is 5.96 Å². The number of rotatable bonds is 0. The molecule has 20 heavy (non-hydrogen) atoms. The van der Waals surface area contributed by atoms with E-state index in [4.69, 9.17) is 15.9 Å². The Labute approximate surface area is 116 Å². The van der Waals surface area contributed by atoms with Crippen LogP contribution in [0.2, 0.25) is 0 Å². The third kappa shape index (κ3) is 2.13. The molecular weight excluding hydrogens is 256 g/mol. The summed E-state index contributed by atoms with van der Waals surface area (Å²) >= 11 is 0. The van der Waals surface area contributed by atoms with Crippen LogP contribution in [0.15, 0.2) is 39.4 Å². The van der Waals surface area contributed by atoms with Crippen molar-refractivity contribution in [2.45, 2.75) is 19.4 Å². The number of nitrogens with two attached hydrogens (primary N) is 1. The zero-order valence-corrected chi connectivity index (χ0v) is 10.9. The van der Waals surface area contributed by atoms with Crippen LogP contribution in [-0.2, 0) is 0 Å². The summed E-state index contributed by atoms with van der Waals surface area (Å²) in [5.41, 5.74) is 7.31. The highest BCUT2D eigenvalue weighted by Crippen LogP contribution is 2.37. The monoisotopic (exact) mass is 270 g/mol. The summed E-state index contributed by atoms with van der Waals surface area (Å²) in [6.07, 6.45) is 2.05. The molecule has 2 aliphatic rings. The van der Waals surface area contributed by atoms with Crippen LogP contribution in [0.3, 0.4) is 0 Å². The van der Waals surface area contributed by atoms with Crippen molar-refractivity contribution in [2.24, 2.45) is 20.8 Å². The Bertz CT molecular complexity index is 648. The van der Waals surface area contributed by atoms with Gasteiger partial charge in [-0.3, -0.25) is 5.41 Å². The number of hydrogen-bond acceptors (Lipinski definition) is 3. The Morgan fingerprint density at radius 3 is 3.10 bits per heavy atom. The highest BCUT2D eigenvalue weighted by atomic mass is 16.5. The zero-order valence-electron chi connectivity index (χ0n) is 10.9. The molecule has 7 heteroatoms. The molecule has 1 aromatic rings. The third-order valence-electron chi connectivity index (χ3n) is 3.11. The SMILES string of the molecule is CC1=NN2C(=NC(=N)N)N=COc3ccccc3C2C1. The molecule has 0 aliphatic carbocycles. The number of hydrogen-bond donors (Lipinski definition) is 2. The molecular formula is C13H14N6O. The van der Waals surface area contributed by atoms with E-state index in [-0.39, 0.29) is 18.0 Å². The minimum Gasteiger partial charge on any atom is -0.445 e. The van der Waals surface area contributed by atoms with Gasteiger partial charge in [0, 0.05) is 17.7 Å². The maximum absolute atomic E-state index is 7.30. The predicted molar refractivity (Wildman–Crippen MR) is 77.2 cm³/mol. The number of aliphatic imine (C=N–C) groups is 2. The Kier molecular flexibility index (Phi) is 2.94. The molecule has 0 radical (unpaired) electrons. The number of para-hydroxylation sites is 1. The molecule has 7 nitrogen and oxygen atoms in total. The van der Waals surface area contributed by atoms with Crippen LogP contribution in [0.4, 0.5) is 0 Å². The molecule has 1 atom stereocenters. The van der Waals surface area contributed by atoms with Gasteiger partial charge in [0.05, 0.1) is 6.04 Å². The van der Waals surface area contributed by atoms with E-state index >= 15 is 0 Å². The maximum atomic E-state index is 7.30. The second-order valence-corrected chi connectivity index (χ2v) is 4.59. The van der Waals surface area contributed by atoms with Gasteiger partial charge >= 0.3 is 0 Å². The summed E-state index contributed by atoms with van der Waals surface area (Å²) in [5.74, 6) is 0.691. The van der Waals surface area contributed by atoms with Gasteiger partial charge in [-0.1, -0.05) is 18.2 Å². The van der Waals surface area contributed by atoms with Crippen LogP contribution in [0.5, 0.6) is 5.75 Å². The lowest BCUT2D eigenvalue weighted by Gasteiger charge is -2.25. The van der Waals surface area contributed by atoms with E-state index in [0.29, 0.717) is 0 Å². The van der Waals surface area contributed by atoms with Crippen molar-refractivity contribution in [3.05, 3.63) is 29.8 Å². The van der Waals surface area contributed by atoms with Gasteiger partial charge < -0.3 is 10.5 Å². The van der Waals surface area contributed by atoms with Crippen molar-refractivity contribution in [3.8, 4) is 5.75 Å². The number of guanidine groups is 2. The second-order valence-electron chi connectivity index (χ2n) is 4.59. The molecule has 3 N–H and O–H groups in total.